The van der Waals surface area contributed by atoms with E-state index in [0.29, 0.717) is 44.0 Å². The van der Waals surface area contributed by atoms with E-state index in [1.165, 1.54) is 0 Å². The molecule has 0 aromatic heterocycles. The fourth-order valence-corrected chi connectivity index (χ4v) is 2.04. The highest BCUT2D eigenvalue weighted by atomic mass is 16.5. The molecule has 3 amide bonds. The Labute approximate surface area is 124 Å². The minimum atomic E-state index is -0.150. The van der Waals surface area contributed by atoms with E-state index in [9.17, 15) is 9.59 Å². The monoisotopic (exact) mass is 291 g/mol. The largest absolute Gasteiger partial charge is 0.491 e. The number of ether oxygens (including phenoxy) is 1. The van der Waals surface area contributed by atoms with Crippen molar-refractivity contribution in [3.8, 4) is 5.75 Å². The van der Waals surface area contributed by atoms with Crippen LogP contribution in [0.1, 0.15) is 25.3 Å². The van der Waals surface area contributed by atoms with Crippen molar-refractivity contribution in [2.75, 3.05) is 25.0 Å². The zero-order valence-corrected chi connectivity index (χ0v) is 12.2. The third kappa shape index (κ3) is 4.66. The molecule has 1 aliphatic rings. The van der Waals surface area contributed by atoms with E-state index in [4.69, 9.17) is 4.74 Å². The van der Waals surface area contributed by atoms with Crippen LogP contribution in [0, 0.1) is 0 Å². The van der Waals surface area contributed by atoms with E-state index in [-0.39, 0.29) is 11.9 Å². The van der Waals surface area contributed by atoms with Gasteiger partial charge in [0.05, 0.1) is 18.7 Å². The quantitative estimate of drug-likeness (QED) is 0.772. The number of nitrogens with one attached hydrogen (secondary N) is 3. The minimum Gasteiger partial charge on any atom is -0.491 e. The van der Waals surface area contributed by atoms with Gasteiger partial charge in [0.25, 0.3) is 0 Å². The van der Waals surface area contributed by atoms with Crippen LogP contribution in [0.4, 0.5) is 10.5 Å². The van der Waals surface area contributed by atoms with E-state index in [2.05, 4.69) is 16.0 Å². The van der Waals surface area contributed by atoms with Gasteiger partial charge in [-0.2, -0.15) is 0 Å². The summed E-state index contributed by atoms with van der Waals surface area (Å²) in [5, 5.41) is 8.38. The molecule has 0 saturated heterocycles. The molecule has 0 spiro atoms. The zero-order chi connectivity index (χ0) is 15.1. The third-order valence-corrected chi connectivity index (χ3v) is 3.14. The summed E-state index contributed by atoms with van der Waals surface area (Å²) < 4.78 is 5.50. The molecule has 0 radical (unpaired) electrons. The second-order valence-electron chi connectivity index (χ2n) is 4.91. The molecule has 0 atom stereocenters. The fraction of sp³-hybridized carbons (Fsp3) is 0.467. The van der Waals surface area contributed by atoms with Gasteiger partial charge in [0.2, 0.25) is 5.91 Å². The number of carbonyl (C=O) groups is 2. The van der Waals surface area contributed by atoms with E-state index < -0.39 is 0 Å². The van der Waals surface area contributed by atoms with Gasteiger partial charge in [-0.05, 0) is 30.5 Å². The summed E-state index contributed by atoms with van der Waals surface area (Å²) in [4.78, 5) is 22.9. The summed E-state index contributed by atoms with van der Waals surface area (Å²) in [7, 11) is 0. The molecule has 21 heavy (non-hydrogen) atoms. The molecule has 0 unspecified atom stereocenters. The molecule has 0 fully saturated rings. The lowest BCUT2D eigenvalue weighted by Gasteiger charge is -2.10. The van der Waals surface area contributed by atoms with Crippen LogP contribution in [0.3, 0.4) is 0 Å². The number of benzene rings is 1. The Bertz CT molecular complexity index is 517. The number of anilines is 1. The van der Waals surface area contributed by atoms with Crippen LogP contribution in [0.5, 0.6) is 5.75 Å². The lowest BCUT2D eigenvalue weighted by molar-refractivity contribution is -0.116. The highest BCUT2D eigenvalue weighted by Gasteiger charge is 2.13. The van der Waals surface area contributed by atoms with Crippen LogP contribution in [-0.4, -0.2) is 31.6 Å². The van der Waals surface area contributed by atoms with E-state index in [0.717, 1.165) is 12.0 Å². The predicted octanol–water partition coefficient (Wildman–Crippen LogP) is 1.66. The van der Waals surface area contributed by atoms with Crippen LogP contribution in [0.15, 0.2) is 18.2 Å². The topological polar surface area (TPSA) is 79.5 Å². The maximum atomic E-state index is 11.5. The van der Waals surface area contributed by atoms with Crippen LogP contribution < -0.4 is 20.7 Å². The molecule has 6 nitrogen and oxygen atoms in total. The van der Waals surface area contributed by atoms with Gasteiger partial charge in [0, 0.05) is 13.1 Å². The lowest BCUT2D eigenvalue weighted by atomic mass is 10.1. The summed E-state index contributed by atoms with van der Waals surface area (Å²) in [5.41, 5.74) is 1.74. The van der Waals surface area contributed by atoms with Crippen molar-refractivity contribution in [1.29, 1.82) is 0 Å². The van der Waals surface area contributed by atoms with Crippen molar-refractivity contribution in [2.24, 2.45) is 0 Å². The number of hydrogen-bond donors (Lipinski definition) is 3. The van der Waals surface area contributed by atoms with Gasteiger partial charge < -0.3 is 20.7 Å². The highest BCUT2D eigenvalue weighted by molar-refractivity contribution is 5.93. The fourth-order valence-electron chi connectivity index (χ4n) is 2.04. The average molecular weight is 291 g/mol. The van der Waals surface area contributed by atoms with Gasteiger partial charge in [0.1, 0.15) is 5.75 Å². The molecule has 1 aromatic rings. The molecule has 2 rings (SSSR count). The molecule has 0 bridgehead atoms. The van der Waals surface area contributed by atoms with Crippen molar-refractivity contribution in [3.63, 3.8) is 0 Å². The van der Waals surface area contributed by atoms with Crippen LogP contribution >= 0.6 is 0 Å². The van der Waals surface area contributed by atoms with Gasteiger partial charge in [-0.15, -0.1) is 0 Å². The van der Waals surface area contributed by atoms with E-state index in [1.807, 2.05) is 25.1 Å². The third-order valence-electron chi connectivity index (χ3n) is 3.14. The lowest BCUT2D eigenvalue weighted by Crippen LogP contribution is -2.36. The Morgan fingerprint density at radius 1 is 1.33 bits per heavy atom. The number of amides is 3. The molecule has 1 heterocycles. The molecule has 3 N–H and O–H groups in total. The van der Waals surface area contributed by atoms with Crippen molar-refractivity contribution in [3.05, 3.63) is 23.8 Å². The molecule has 0 aliphatic carbocycles. The Kier molecular flexibility index (Phi) is 5.43. The van der Waals surface area contributed by atoms with Crippen LogP contribution in [0.2, 0.25) is 0 Å². The Hall–Kier alpha value is -2.24. The van der Waals surface area contributed by atoms with Gasteiger partial charge in [-0.1, -0.05) is 13.0 Å². The van der Waals surface area contributed by atoms with Gasteiger partial charge in [0.15, 0.2) is 0 Å². The number of urea groups is 1. The number of hydrogen-bond acceptors (Lipinski definition) is 3. The summed E-state index contributed by atoms with van der Waals surface area (Å²) in [6.07, 6.45) is 1.98. The molecule has 1 aromatic carbocycles. The van der Waals surface area contributed by atoms with Gasteiger partial charge >= 0.3 is 6.03 Å². The van der Waals surface area contributed by atoms with Gasteiger partial charge in [-0.25, -0.2) is 4.79 Å². The summed E-state index contributed by atoms with van der Waals surface area (Å²) in [6, 6.07) is 5.54. The predicted molar refractivity (Wildman–Crippen MR) is 80.6 cm³/mol. The first-order chi connectivity index (χ1) is 10.2. The standard InChI is InChI=1S/C15H21N3O3/c1-2-7-16-15(20)17-8-5-11-3-4-13-12(10-11)18-14(19)6-9-21-13/h3-4,10H,2,5-9H2,1H3,(H,18,19)(H2,16,17,20). The SMILES string of the molecule is CCCNC(=O)NCCc1ccc2c(c1)NC(=O)CCO2. The van der Waals surface area contributed by atoms with Crippen molar-refractivity contribution < 1.29 is 14.3 Å². The summed E-state index contributed by atoms with van der Waals surface area (Å²) >= 11 is 0. The maximum Gasteiger partial charge on any atom is 0.314 e. The molecule has 114 valence electrons. The molecule has 0 saturated carbocycles. The highest BCUT2D eigenvalue weighted by Crippen LogP contribution is 2.28. The molecule has 1 aliphatic heterocycles. The Morgan fingerprint density at radius 2 is 2.14 bits per heavy atom. The first kappa shape index (κ1) is 15.2. The normalized spacial score (nSPS) is 13.5. The first-order valence-corrected chi connectivity index (χ1v) is 7.26. The number of carbonyl (C=O) groups excluding carboxylic acids is 2. The second-order valence-corrected chi connectivity index (χ2v) is 4.91. The van der Waals surface area contributed by atoms with Gasteiger partial charge in [-0.3, -0.25) is 4.79 Å². The summed E-state index contributed by atoms with van der Waals surface area (Å²) in [5.74, 6) is 0.654. The van der Waals surface area contributed by atoms with Crippen molar-refractivity contribution in [2.45, 2.75) is 26.2 Å². The second kappa shape index (κ2) is 7.52. The molecular formula is C15H21N3O3. The zero-order valence-electron chi connectivity index (χ0n) is 12.2. The summed E-state index contributed by atoms with van der Waals surface area (Å²) in [6.45, 7) is 3.63. The maximum absolute atomic E-state index is 11.5. The molecule has 6 heteroatoms. The molecular weight excluding hydrogens is 270 g/mol. The van der Waals surface area contributed by atoms with Crippen molar-refractivity contribution >= 4 is 17.6 Å². The first-order valence-electron chi connectivity index (χ1n) is 7.26. The average Bonchev–Trinajstić information content (AvgIpc) is 2.65. The van der Waals surface area contributed by atoms with Crippen LogP contribution in [0.25, 0.3) is 0 Å². The van der Waals surface area contributed by atoms with Crippen LogP contribution in [-0.2, 0) is 11.2 Å². The van der Waals surface area contributed by atoms with Crippen molar-refractivity contribution in [1.82, 2.24) is 10.6 Å². The van der Waals surface area contributed by atoms with E-state index >= 15 is 0 Å². The number of rotatable bonds is 5. The smallest absolute Gasteiger partial charge is 0.314 e. The number of fused-ring (bicyclic) bond motifs is 1. The minimum absolute atomic E-state index is 0.0389. The Morgan fingerprint density at radius 3 is 2.95 bits per heavy atom. The van der Waals surface area contributed by atoms with E-state index in [1.54, 1.807) is 0 Å². The Balaban J connectivity index is 1.87.